The van der Waals surface area contributed by atoms with Crippen molar-refractivity contribution in [2.24, 2.45) is 17.6 Å². The number of aromatic carboxylic acids is 1. The van der Waals surface area contributed by atoms with Crippen LogP contribution in [0.15, 0.2) is 82.9 Å². The Morgan fingerprint density at radius 3 is 1.44 bits per heavy atom. The highest BCUT2D eigenvalue weighted by Gasteiger charge is 2.26. The summed E-state index contributed by atoms with van der Waals surface area (Å²) in [5.74, 6) is -0.262. The molecule has 0 amide bonds. The Morgan fingerprint density at radius 1 is 0.685 bits per heavy atom. The number of imidazole rings is 3. The number of rotatable bonds is 8. The van der Waals surface area contributed by atoms with Crippen molar-refractivity contribution < 1.29 is 43.7 Å². The van der Waals surface area contributed by atoms with E-state index in [-0.39, 0.29) is 28.5 Å². The van der Waals surface area contributed by atoms with Crippen molar-refractivity contribution in [3.8, 4) is 0 Å². The Hall–Kier alpha value is -4.34. The van der Waals surface area contributed by atoms with Crippen LogP contribution in [0.1, 0.15) is 43.9 Å². The predicted molar refractivity (Wildman–Crippen MR) is 203 cm³/mol. The molecule has 3 aliphatic rings. The van der Waals surface area contributed by atoms with Crippen LogP contribution < -0.4 is 11.2 Å². The SMILES string of the molecule is NC1COC1.O=C(CC1COC1)c1cc(B(O)O)cn2ccnc12.O=C(CC1COC1)c1cc(Br)cn2ccnc12.O=C(O)c1cc(Br)cn2ccnc12. The van der Waals surface area contributed by atoms with E-state index in [9.17, 15) is 24.4 Å². The predicted octanol–water partition coefficient (Wildman–Crippen LogP) is 2.69. The number of hydrogen-bond donors (Lipinski definition) is 4. The lowest BCUT2D eigenvalue weighted by atomic mass is 9.80. The van der Waals surface area contributed by atoms with Gasteiger partial charge in [0.15, 0.2) is 17.2 Å². The van der Waals surface area contributed by atoms with E-state index < -0.39 is 13.1 Å². The second kappa shape index (κ2) is 17.9. The number of carbonyl (C=O) groups excluding carboxylic acids is 2. The first-order chi connectivity index (χ1) is 26.0. The third kappa shape index (κ3) is 9.66. The van der Waals surface area contributed by atoms with Crippen molar-refractivity contribution in [1.29, 1.82) is 0 Å². The average Bonchev–Trinajstić information content (AvgIpc) is 3.87. The Morgan fingerprint density at radius 2 is 1.07 bits per heavy atom. The zero-order valence-electron chi connectivity index (χ0n) is 28.7. The molecule has 54 heavy (non-hydrogen) atoms. The van der Waals surface area contributed by atoms with Crippen LogP contribution in [0.5, 0.6) is 0 Å². The number of fused-ring (bicyclic) bond motifs is 3. The van der Waals surface area contributed by atoms with Crippen molar-refractivity contribution in [2.45, 2.75) is 18.9 Å². The van der Waals surface area contributed by atoms with Gasteiger partial charge in [-0.15, -0.1) is 0 Å². The van der Waals surface area contributed by atoms with E-state index in [2.05, 4.69) is 46.8 Å². The highest BCUT2D eigenvalue weighted by molar-refractivity contribution is 9.10. The third-order valence-electron chi connectivity index (χ3n) is 8.57. The molecular formula is C35H36BBr2N7O9. The highest BCUT2D eigenvalue weighted by atomic mass is 79.9. The molecule has 3 saturated heterocycles. The molecule has 0 aromatic carbocycles. The van der Waals surface area contributed by atoms with E-state index >= 15 is 0 Å². The standard InChI is InChI=1S/C12H13BN2O4.C12H11BrN2O2.C8H5BrN2O2.C3H7NO/c16-11(3-8-6-19-7-8)10-4-9(13(17)18)5-15-2-1-14-12(10)15;13-9-4-10(11(16)3-8-6-17-7-8)12-14-1-2-15(12)5-9;9-5-3-6(8(12)13)7-10-1-2-11(7)4-5;4-3-1-5-2-3/h1-2,4-5,8,17-18H,3,6-7H2;1-2,4-5,8H,3,6-7H2;1-4H,(H,12,13);3H,1-2,4H2. The molecule has 0 aliphatic carbocycles. The molecule has 6 aromatic heterocycles. The summed E-state index contributed by atoms with van der Waals surface area (Å²) >= 11 is 6.63. The number of halogens is 2. The van der Waals surface area contributed by atoms with Crippen molar-refractivity contribution >= 4 is 78.9 Å². The summed E-state index contributed by atoms with van der Waals surface area (Å²) in [7, 11) is -1.61. The summed E-state index contributed by atoms with van der Waals surface area (Å²) in [5, 5.41) is 27.4. The van der Waals surface area contributed by atoms with Crippen molar-refractivity contribution in [2.75, 3.05) is 39.6 Å². The number of Topliss-reactive ketones (excluding diaryl/α,β-unsaturated/α-hetero) is 2. The largest absolute Gasteiger partial charge is 0.489 e. The number of nitrogens with two attached hydrogens (primary N) is 1. The number of ether oxygens (including phenoxy) is 3. The smallest absolute Gasteiger partial charge is 0.478 e. The molecular weight excluding hydrogens is 833 g/mol. The van der Waals surface area contributed by atoms with Crippen molar-refractivity contribution in [3.05, 3.63) is 99.6 Å². The molecule has 0 unspecified atom stereocenters. The van der Waals surface area contributed by atoms with E-state index in [1.807, 2.05) is 22.9 Å². The van der Waals surface area contributed by atoms with Gasteiger partial charge in [0.05, 0.1) is 56.8 Å². The number of carboxylic acids is 1. The monoisotopic (exact) mass is 867 g/mol. The number of carboxylic acid groups (broad SMARTS) is 1. The maximum Gasteiger partial charge on any atom is 0.489 e. The molecule has 0 atom stereocenters. The lowest BCUT2D eigenvalue weighted by Gasteiger charge is -2.25. The van der Waals surface area contributed by atoms with Crippen LogP contribution in [0.3, 0.4) is 0 Å². The molecule has 0 spiro atoms. The molecule has 0 saturated carbocycles. The first-order valence-electron chi connectivity index (χ1n) is 16.8. The lowest BCUT2D eigenvalue weighted by molar-refractivity contribution is -0.0321. The highest BCUT2D eigenvalue weighted by Crippen LogP contribution is 2.23. The fourth-order valence-corrected chi connectivity index (χ4v) is 6.46. The van der Waals surface area contributed by atoms with Crippen molar-refractivity contribution in [3.63, 3.8) is 0 Å². The molecule has 6 aromatic rings. The number of pyridine rings is 3. The van der Waals surface area contributed by atoms with E-state index in [0.29, 0.717) is 73.7 Å². The summed E-state index contributed by atoms with van der Waals surface area (Å²) in [4.78, 5) is 47.5. The number of aromatic nitrogens is 6. The molecule has 0 radical (unpaired) electrons. The fraction of sp³-hybridized carbons (Fsp3) is 0.314. The molecule has 9 heterocycles. The first-order valence-corrected chi connectivity index (χ1v) is 18.4. The van der Waals surface area contributed by atoms with Gasteiger partial charge in [0, 0.05) is 89.4 Å². The quantitative estimate of drug-likeness (QED) is 0.128. The first kappa shape index (κ1) is 39.4. The van der Waals surface area contributed by atoms with Crippen LogP contribution in [-0.4, -0.2) is 114 Å². The van der Waals surface area contributed by atoms with Gasteiger partial charge >= 0.3 is 13.1 Å². The minimum atomic E-state index is -1.61. The zero-order chi connectivity index (χ0) is 38.4. The summed E-state index contributed by atoms with van der Waals surface area (Å²) in [6.07, 6.45) is 16.2. The van der Waals surface area contributed by atoms with Crippen LogP contribution in [0.25, 0.3) is 16.9 Å². The molecule has 282 valence electrons. The number of nitrogens with zero attached hydrogens (tertiary/aromatic N) is 6. The van der Waals surface area contributed by atoms with Gasteiger partial charge in [-0.1, -0.05) is 0 Å². The molecule has 5 N–H and O–H groups in total. The Labute approximate surface area is 325 Å². The lowest BCUT2D eigenvalue weighted by Crippen LogP contribution is -2.41. The maximum absolute atomic E-state index is 12.3. The van der Waals surface area contributed by atoms with Crippen LogP contribution in [0.2, 0.25) is 0 Å². The molecule has 9 rings (SSSR count). The number of ketones is 2. The van der Waals surface area contributed by atoms with Gasteiger partial charge in [-0.05, 0) is 55.5 Å². The van der Waals surface area contributed by atoms with Crippen LogP contribution in [-0.2, 0) is 14.2 Å². The Kier molecular flexibility index (Phi) is 13.0. The van der Waals surface area contributed by atoms with E-state index in [0.717, 1.165) is 27.8 Å². The van der Waals surface area contributed by atoms with Gasteiger partial charge < -0.3 is 48.3 Å². The van der Waals surface area contributed by atoms with Crippen LogP contribution >= 0.6 is 31.9 Å². The summed E-state index contributed by atoms with van der Waals surface area (Å²) in [6, 6.07) is 5.21. The van der Waals surface area contributed by atoms with Gasteiger partial charge in [-0.2, -0.15) is 0 Å². The zero-order valence-corrected chi connectivity index (χ0v) is 31.9. The van der Waals surface area contributed by atoms with Gasteiger partial charge in [0.1, 0.15) is 16.9 Å². The van der Waals surface area contributed by atoms with E-state index in [4.69, 9.17) is 25.1 Å². The second-order valence-electron chi connectivity index (χ2n) is 12.8. The van der Waals surface area contributed by atoms with Gasteiger partial charge in [-0.25, -0.2) is 19.7 Å². The Bertz CT molecular complexity index is 2270. The van der Waals surface area contributed by atoms with E-state index in [1.165, 1.54) is 12.1 Å². The van der Waals surface area contributed by atoms with E-state index in [1.54, 1.807) is 52.2 Å². The fourth-order valence-electron chi connectivity index (χ4n) is 5.56. The van der Waals surface area contributed by atoms with Gasteiger partial charge in [0.25, 0.3) is 0 Å². The molecule has 16 nitrogen and oxygen atoms in total. The van der Waals surface area contributed by atoms with Gasteiger partial charge in [0.2, 0.25) is 0 Å². The topological polar surface area (TPSA) is 218 Å². The summed E-state index contributed by atoms with van der Waals surface area (Å²) in [6.45, 7) is 4.15. The normalized spacial score (nSPS) is 15.4. The van der Waals surface area contributed by atoms with Crippen LogP contribution in [0, 0.1) is 11.8 Å². The van der Waals surface area contributed by atoms with Crippen LogP contribution in [0.4, 0.5) is 0 Å². The minimum absolute atomic E-state index is 0.0491. The molecule has 3 fully saturated rings. The molecule has 0 bridgehead atoms. The maximum atomic E-state index is 12.3. The second-order valence-corrected chi connectivity index (χ2v) is 14.7. The number of hydrogen-bond acceptors (Lipinski definition) is 12. The summed E-state index contributed by atoms with van der Waals surface area (Å²) < 4.78 is 21.6. The average molecular weight is 869 g/mol. The number of carbonyl (C=O) groups is 3. The van der Waals surface area contributed by atoms with Gasteiger partial charge in [-0.3, -0.25) is 9.59 Å². The Balaban J connectivity index is 0.000000131. The van der Waals surface area contributed by atoms with Crippen molar-refractivity contribution in [1.82, 2.24) is 28.2 Å². The minimum Gasteiger partial charge on any atom is -0.478 e. The summed E-state index contributed by atoms with van der Waals surface area (Å²) in [5.41, 5.74) is 8.53. The molecule has 19 heteroatoms. The third-order valence-corrected chi connectivity index (χ3v) is 9.44. The molecule has 3 aliphatic heterocycles.